The number of halogens is 1. The molecule has 5 nitrogen and oxygen atoms in total. The molecule has 0 bridgehead atoms. The standard InChI is InChI=1S/C14H20BrNO4/c1-3-19-6-7-20-13-5-4-12(15)8-11(13)9-16(2)10-14(17)18/h4-5,8H,3,6-7,9-10H2,1-2H3,(H,17,18). The highest BCUT2D eigenvalue weighted by Gasteiger charge is 2.10. The van der Waals surface area contributed by atoms with E-state index in [-0.39, 0.29) is 6.54 Å². The van der Waals surface area contributed by atoms with Gasteiger partial charge < -0.3 is 14.6 Å². The van der Waals surface area contributed by atoms with Crippen molar-refractivity contribution in [2.24, 2.45) is 0 Å². The molecular formula is C14H20BrNO4. The zero-order valence-corrected chi connectivity index (χ0v) is 13.4. The lowest BCUT2D eigenvalue weighted by Gasteiger charge is -2.17. The zero-order valence-electron chi connectivity index (χ0n) is 11.8. The molecule has 1 aromatic carbocycles. The maximum Gasteiger partial charge on any atom is 0.317 e. The third-order valence-corrected chi connectivity index (χ3v) is 3.05. The number of aliphatic carboxylic acids is 1. The Bertz CT molecular complexity index is 439. The first-order valence-corrected chi connectivity index (χ1v) is 7.21. The van der Waals surface area contributed by atoms with Crippen molar-refractivity contribution in [3.8, 4) is 5.75 Å². The van der Waals surface area contributed by atoms with E-state index in [0.29, 0.717) is 26.4 Å². The van der Waals surface area contributed by atoms with Gasteiger partial charge in [0.15, 0.2) is 0 Å². The van der Waals surface area contributed by atoms with Gasteiger partial charge in [-0.05, 0) is 32.2 Å². The van der Waals surface area contributed by atoms with E-state index in [1.165, 1.54) is 0 Å². The molecule has 0 aromatic heterocycles. The Morgan fingerprint density at radius 3 is 2.80 bits per heavy atom. The average molecular weight is 346 g/mol. The molecule has 1 rings (SSSR count). The quantitative estimate of drug-likeness (QED) is 0.696. The third kappa shape index (κ3) is 6.36. The summed E-state index contributed by atoms with van der Waals surface area (Å²) in [5, 5.41) is 8.79. The molecule has 0 fully saturated rings. The van der Waals surface area contributed by atoms with Gasteiger partial charge >= 0.3 is 5.97 Å². The summed E-state index contributed by atoms with van der Waals surface area (Å²) in [6, 6.07) is 5.71. The van der Waals surface area contributed by atoms with E-state index < -0.39 is 5.97 Å². The highest BCUT2D eigenvalue weighted by Crippen LogP contribution is 2.24. The molecule has 0 aliphatic carbocycles. The molecule has 0 unspecified atom stereocenters. The predicted octanol–water partition coefficient (Wildman–Crippen LogP) is 2.38. The van der Waals surface area contributed by atoms with Crippen molar-refractivity contribution in [3.05, 3.63) is 28.2 Å². The summed E-state index contributed by atoms with van der Waals surface area (Å²) in [4.78, 5) is 12.4. The number of hydrogen-bond donors (Lipinski definition) is 1. The molecule has 0 radical (unpaired) electrons. The maximum atomic E-state index is 10.7. The molecule has 0 saturated heterocycles. The third-order valence-electron chi connectivity index (χ3n) is 2.56. The Hall–Kier alpha value is -1.11. The van der Waals surface area contributed by atoms with Crippen LogP contribution >= 0.6 is 15.9 Å². The predicted molar refractivity (Wildman–Crippen MR) is 80.1 cm³/mol. The minimum Gasteiger partial charge on any atom is -0.491 e. The molecular weight excluding hydrogens is 326 g/mol. The summed E-state index contributed by atoms with van der Waals surface area (Å²) in [5.74, 6) is -0.0912. The Morgan fingerprint density at radius 1 is 1.40 bits per heavy atom. The van der Waals surface area contributed by atoms with E-state index in [2.05, 4.69) is 15.9 Å². The van der Waals surface area contributed by atoms with Gasteiger partial charge in [0, 0.05) is 23.2 Å². The van der Waals surface area contributed by atoms with Crippen LogP contribution in [0.4, 0.5) is 0 Å². The molecule has 1 N–H and O–H groups in total. The number of hydrogen-bond acceptors (Lipinski definition) is 4. The molecule has 0 aliphatic rings. The highest BCUT2D eigenvalue weighted by atomic mass is 79.9. The lowest BCUT2D eigenvalue weighted by atomic mass is 10.2. The lowest BCUT2D eigenvalue weighted by molar-refractivity contribution is -0.138. The first-order valence-electron chi connectivity index (χ1n) is 6.42. The molecule has 20 heavy (non-hydrogen) atoms. The average Bonchev–Trinajstić information content (AvgIpc) is 2.35. The fourth-order valence-corrected chi connectivity index (χ4v) is 2.15. The fraction of sp³-hybridized carbons (Fsp3) is 0.500. The molecule has 0 heterocycles. The van der Waals surface area contributed by atoms with Crippen LogP contribution < -0.4 is 4.74 Å². The SMILES string of the molecule is CCOCCOc1ccc(Br)cc1CN(C)CC(=O)O. The van der Waals surface area contributed by atoms with Gasteiger partial charge in [-0.1, -0.05) is 15.9 Å². The second-order valence-corrected chi connectivity index (χ2v) is 5.28. The number of benzene rings is 1. The van der Waals surface area contributed by atoms with Crippen molar-refractivity contribution in [2.45, 2.75) is 13.5 Å². The number of ether oxygens (including phenoxy) is 2. The number of carbonyl (C=O) groups is 1. The van der Waals surface area contributed by atoms with Crippen LogP contribution in [0, 0.1) is 0 Å². The van der Waals surface area contributed by atoms with Crippen LogP contribution in [0.15, 0.2) is 22.7 Å². The molecule has 6 heteroatoms. The van der Waals surface area contributed by atoms with E-state index in [0.717, 1.165) is 15.8 Å². The van der Waals surface area contributed by atoms with Gasteiger partial charge in [0.25, 0.3) is 0 Å². The van der Waals surface area contributed by atoms with Gasteiger partial charge in [-0.2, -0.15) is 0 Å². The molecule has 0 amide bonds. The van der Waals surface area contributed by atoms with Crippen LogP contribution in [0.5, 0.6) is 5.75 Å². The summed E-state index contributed by atoms with van der Waals surface area (Å²) in [6.07, 6.45) is 0. The molecule has 112 valence electrons. The molecule has 0 spiro atoms. The summed E-state index contributed by atoms with van der Waals surface area (Å²) >= 11 is 3.42. The van der Waals surface area contributed by atoms with E-state index >= 15 is 0 Å². The van der Waals surface area contributed by atoms with Crippen LogP contribution in [-0.2, 0) is 16.1 Å². The minimum atomic E-state index is -0.846. The minimum absolute atomic E-state index is 0.00903. The van der Waals surface area contributed by atoms with E-state index in [1.807, 2.05) is 25.1 Å². The van der Waals surface area contributed by atoms with Crippen molar-refractivity contribution in [1.29, 1.82) is 0 Å². The highest BCUT2D eigenvalue weighted by molar-refractivity contribution is 9.10. The van der Waals surface area contributed by atoms with E-state index in [4.69, 9.17) is 14.6 Å². The first kappa shape index (κ1) is 16.9. The Kier molecular flexibility index (Phi) is 7.58. The van der Waals surface area contributed by atoms with Crippen molar-refractivity contribution in [2.75, 3.05) is 33.4 Å². The summed E-state index contributed by atoms with van der Waals surface area (Å²) in [6.45, 7) is 4.12. The summed E-state index contributed by atoms with van der Waals surface area (Å²) in [5.41, 5.74) is 0.944. The second-order valence-electron chi connectivity index (χ2n) is 4.36. The first-order chi connectivity index (χ1) is 9.52. The molecule has 0 aliphatic heterocycles. The van der Waals surface area contributed by atoms with Crippen molar-refractivity contribution in [1.82, 2.24) is 4.90 Å². The van der Waals surface area contributed by atoms with Crippen LogP contribution in [-0.4, -0.2) is 49.4 Å². The zero-order chi connectivity index (χ0) is 15.0. The van der Waals surface area contributed by atoms with Gasteiger partial charge in [0.05, 0.1) is 13.2 Å². The fourth-order valence-electron chi connectivity index (χ4n) is 1.74. The van der Waals surface area contributed by atoms with Crippen LogP contribution in [0.25, 0.3) is 0 Å². The monoisotopic (exact) mass is 345 g/mol. The Balaban J connectivity index is 2.66. The van der Waals surface area contributed by atoms with Crippen molar-refractivity contribution in [3.63, 3.8) is 0 Å². The number of carboxylic acids is 1. The van der Waals surface area contributed by atoms with Gasteiger partial charge in [0.1, 0.15) is 12.4 Å². The topological polar surface area (TPSA) is 59.0 Å². The second kappa shape index (κ2) is 8.94. The van der Waals surface area contributed by atoms with Gasteiger partial charge in [-0.3, -0.25) is 9.69 Å². The van der Waals surface area contributed by atoms with Gasteiger partial charge in [-0.15, -0.1) is 0 Å². The normalized spacial score (nSPS) is 10.8. The van der Waals surface area contributed by atoms with Crippen molar-refractivity contribution < 1.29 is 19.4 Å². The molecule has 0 saturated carbocycles. The maximum absolute atomic E-state index is 10.7. The smallest absolute Gasteiger partial charge is 0.317 e. The number of rotatable bonds is 9. The Morgan fingerprint density at radius 2 is 2.15 bits per heavy atom. The van der Waals surface area contributed by atoms with Gasteiger partial charge in [-0.25, -0.2) is 0 Å². The summed E-state index contributed by atoms with van der Waals surface area (Å²) in [7, 11) is 1.76. The van der Waals surface area contributed by atoms with Crippen LogP contribution in [0.1, 0.15) is 12.5 Å². The molecule has 1 aromatic rings. The van der Waals surface area contributed by atoms with E-state index in [1.54, 1.807) is 11.9 Å². The number of likely N-dealkylation sites (N-methyl/N-ethyl adjacent to an activating group) is 1. The van der Waals surface area contributed by atoms with Crippen LogP contribution in [0.3, 0.4) is 0 Å². The van der Waals surface area contributed by atoms with E-state index in [9.17, 15) is 4.79 Å². The number of carboxylic acid groups (broad SMARTS) is 1. The lowest BCUT2D eigenvalue weighted by Crippen LogP contribution is -2.25. The van der Waals surface area contributed by atoms with Crippen LogP contribution in [0.2, 0.25) is 0 Å². The summed E-state index contributed by atoms with van der Waals surface area (Å²) < 4.78 is 11.8. The Labute approximate surface area is 127 Å². The van der Waals surface area contributed by atoms with Crippen molar-refractivity contribution >= 4 is 21.9 Å². The molecule has 0 atom stereocenters. The number of nitrogens with zero attached hydrogens (tertiary/aromatic N) is 1. The largest absolute Gasteiger partial charge is 0.491 e. The van der Waals surface area contributed by atoms with Gasteiger partial charge in [0.2, 0.25) is 0 Å².